The topological polar surface area (TPSA) is 86.8 Å². The Balaban J connectivity index is 2.87. The predicted octanol–water partition coefficient (Wildman–Crippen LogP) is 0.947. The monoisotopic (exact) mass is 377 g/mol. The molecule has 7 nitrogen and oxygen atoms in total. The van der Waals surface area contributed by atoms with E-state index in [2.05, 4.69) is 4.72 Å². The largest absolute Gasteiger partial charge is 0.309 e. The molecule has 0 aliphatic heterocycles. The van der Waals surface area contributed by atoms with E-state index in [0.29, 0.717) is 26.1 Å². The SMILES string of the molecule is CCN(CC)S(=O)(=O)c1ccc(S(=O)(=O)NCCCN(C)C)cc1. The highest BCUT2D eigenvalue weighted by Gasteiger charge is 2.22. The van der Waals surface area contributed by atoms with E-state index < -0.39 is 20.0 Å². The van der Waals surface area contributed by atoms with Crippen LogP contribution >= 0.6 is 0 Å². The molecule has 9 heteroatoms. The number of sulfonamides is 2. The first-order chi connectivity index (χ1) is 11.1. The van der Waals surface area contributed by atoms with Gasteiger partial charge in [-0.05, 0) is 51.3 Å². The molecular formula is C15H27N3O4S2. The summed E-state index contributed by atoms with van der Waals surface area (Å²) in [5.74, 6) is 0. The lowest BCUT2D eigenvalue weighted by molar-refractivity contribution is 0.400. The summed E-state index contributed by atoms with van der Waals surface area (Å²) in [6.07, 6.45) is 0.695. The highest BCUT2D eigenvalue weighted by molar-refractivity contribution is 7.89. The van der Waals surface area contributed by atoms with Crippen LogP contribution in [0.4, 0.5) is 0 Å². The van der Waals surface area contributed by atoms with Crippen molar-refractivity contribution in [2.75, 3.05) is 40.3 Å². The van der Waals surface area contributed by atoms with Crippen molar-refractivity contribution in [3.63, 3.8) is 0 Å². The van der Waals surface area contributed by atoms with Crippen LogP contribution < -0.4 is 4.72 Å². The Bertz CT molecular complexity index is 710. The van der Waals surface area contributed by atoms with E-state index in [1.54, 1.807) is 13.8 Å². The maximum absolute atomic E-state index is 12.4. The molecule has 0 saturated heterocycles. The first-order valence-corrected chi connectivity index (χ1v) is 10.8. The maximum atomic E-state index is 12.4. The van der Waals surface area contributed by atoms with Crippen LogP contribution in [0.15, 0.2) is 34.1 Å². The van der Waals surface area contributed by atoms with Crippen molar-refractivity contribution in [1.29, 1.82) is 0 Å². The number of nitrogens with zero attached hydrogens (tertiary/aromatic N) is 2. The summed E-state index contributed by atoms with van der Waals surface area (Å²) >= 11 is 0. The third-order valence-corrected chi connectivity index (χ3v) is 7.09. The van der Waals surface area contributed by atoms with Crippen molar-refractivity contribution < 1.29 is 16.8 Å². The molecule has 1 aromatic rings. The van der Waals surface area contributed by atoms with Crippen LogP contribution in [0.1, 0.15) is 20.3 Å². The lowest BCUT2D eigenvalue weighted by Gasteiger charge is -2.18. The molecule has 0 spiro atoms. The van der Waals surface area contributed by atoms with Gasteiger partial charge in [0.2, 0.25) is 20.0 Å². The molecule has 0 aliphatic rings. The third kappa shape index (κ3) is 5.52. The fourth-order valence-electron chi connectivity index (χ4n) is 2.19. The molecule has 0 heterocycles. The zero-order valence-electron chi connectivity index (χ0n) is 14.7. The lowest BCUT2D eigenvalue weighted by Crippen LogP contribution is -2.30. The van der Waals surface area contributed by atoms with Gasteiger partial charge in [0.05, 0.1) is 9.79 Å². The number of nitrogens with one attached hydrogen (secondary N) is 1. The predicted molar refractivity (Wildman–Crippen MR) is 94.9 cm³/mol. The van der Waals surface area contributed by atoms with Crippen LogP contribution in [0.25, 0.3) is 0 Å². The molecule has 1 aromatic carbocycles. The van der Waals surface area contributed by atoms with Gasteiger partial charge in [-0.15, -0.1) is 0 Å². The van der Waals surface area contributed by atoms with Gasteiger partial charge in [-0.1, -0.05) is 13.8 Å². The van der Waals surface area contributed by atoms with E-state index in [4.69, 9.17) is 0 Å². The van der Waals surface area contributed by atoms with Crippen molar-refractivity contribution in [2.24, 2.45) is 0 Å². The molecule has 1 rings (SSSR count). The number of benzene rings is 1. The van der Waals surface area contributed by atoms with Crippen LogP contribution in [0.5, 0.6) is 0 Å². The van der Waals surface area contributed by atoms with Gasteiger partial charge < -0.3 is 4.90 Å². The average molecular weight is 378 g/mol. The van der Waals surface area contributed by atoms with Crippen LogP contribution in [-0.4, -0.2) is 66.3 Å². The lowest BCUT2D eigenvalue weighted by atomic mass is 10.4. The molecule has 1 N–H and O–H groups in total. The summed E-state index contributed by atoms with van der Waals surface area (Å²) in [7, 11) is -3.37. The van der Waals surface area contributed by atoms with Crippen molar-refractivity contribution in [1.82, 2.24) is 13.9 Å². The molecular weight excluding hydrogens is 350 g/mol. The smallest absolute Gasteiger partial charge is 0.243 e. The third-order valence-electron chi connectivity index (χ3n) is 3.55. The quantitative estimate of drug-likeness (QED) is 0.614. The molecule has 0 unspecified atom stereocenters. The van der Waals surface area contributed by atoms with E-state index in [0.717, 1.165) is 6.54 Å². The standard InChI is InChI=1S/C15H27N3O4S2/c1-5-18(6-2)24(21,22)15-10-8-14(9-11-15)23(19,20)16-12-7-13-17(3)4/h8-11,16H,5-7,12-13H2,1-4H3. The first-order valence-electron chi connectivity index (χ1n) is 7.89. The Morgan fingerprint density at radius 1 is 0.917 bits per heavy atom. The zero-order valence-corrected chi connectivity index (χ0v) is 16.3. The first kappa shape index (κ1) is 21.0. The second-order valence-corrected chi connectivity index (χ2v) is 9.32. The fourth-order valence-corrected chi connectivity index (χ4v) is 4.72. The minimum Gasteiger partial charge on any atom is -0.309 e. The highest BCUT2D eigenvalue weighted by atomic mass is 32.2. The van der Waals surface area contributed by atoms with Gasteiger partial charge in [-0.3, -0.25) is 0 Å². The molecule has 0 saturated carbocycles. The molecule has 0 bridgehead atoms. The number of rotatable bonds is 10. The summed E-state index contributed by atoms with van der Waals surface area (Å²) in [4.78, 5) is 2.13. The molecule has 0 aromatic heterocycles. The molecule has 24 heavy (non-hydrogen) atoms. The van der Waals surface area contributed by atoms with Crippen LogP contribution in [-0.2, 0) is 20.0 Å². The molecule has 0 atom stereocenters. The van der Waals surface area contributed by atoms with Crippen LogP contribution in [0, 0.1) is 0 Å². The molecule has 0 fully saturated rings. The Hall–Kier alpha value is -1.00. The van der Waals surface area contributed by atoms with Crippen molar-refractivity contribution in [2.45, 2.75) is 30.1 Å². The summed E-state index contributed by atoms with van der Waals surface area (Å²) in [5, 5.41) is 0. The van der Waals surface area contributed by atoms with Gasteiger partial charge in [-0.25, -0.2) is 21.6 Å². The number of hydrogen-bond donors (Lipinski definition) is 1. The van der Waals surface area contributed by atoms with Gasteiger partial charge in [0.1, 0.15) is 0 Å². The summed E-state index contributed by atoms with van der Waals surface area (Å²) in [5.41, 5.74) is 0. The minimum absolute atomic E-state index is 0.0610. The number of hydrogen-bond acceptors (Lipinski definition) is 5. The molecule has 138 valence electrons. The summed E-state index contributed by atoms with van der Waals surface area (Å²) < 4.78 is 53.0. The normalized spacial score (nSPS) is 12.9. The Morgan fingerprint density at radius 2 is 1.42 bits per heavy atom. The van der Waals surface area contributed by atoms with Crippen molar-refractivity contribution in [3.8, 4) is 0 Å². The van der Waals surface area contributed by atoms with Gasteiger partial charge >= 0.3 is 0 Å². The van der Waals surface area contributed by atoms with Crippen LogP contribution in [0.3, 0.4) is 0 Å². The van der Waals surface area contributed by atoms with Gasteiger partial charge in [0.25, 0.3) is 0 Å². The van der Waals surface area contributed by atoms with Crippen molar-refractivity contribution >= 4 is 20.0 Å². The highest BCUT2D eigenvalue weighted by Crippen LogP contribution is 2.18. The van der Waals surface area contributed by atoms with E-state index >= 15 is 0 Å². The summed E-state index contributed by atoms with van der Waals surface area (Å²) in [6.45, 7) is 5.37. The van der Waals surface area contributed by atoms with Gasteiger partial charge in [-0.2, -0.15) is 4.31 Å². The Morgan fingerprint density at radius 3 is 1.88 bits per heavy atom. The van der Waals surface area contributed by atoms with Gasteiger partial charge in [0, 0.05) is 19.6 Å². The Kier molecular flexibility index (Phi) is 7.81. The fraction of sp³-hybridized carbons (Fsp3) is 0.600. The van der Waals surface area contributed by atoms with Crippen LogP contribution in [0.2, 0.25) is 0 Å². The van der Waals surface area contributed by atoms with Crippen molar-refractivity contribution in [3.05, 3.63) is 24.3 Å². The zero-order chi connectivity index (χ0) is 18.4. The maximum Gasteiger partial charge on any atom is 0.243 e. The van der Waals surface area contributed by atoms with E-state index in [1.807, 2.05) is 19.0 Å². The summed E-state index contributed by atoms with van der Waals surface area (Å²) in [6, 6.07) is 5.32. The minimum atomic E-state index is -3.63. The van der Waals surface area contributed by atoms with Gasteiger partial charge in [0.15, 0.2) is 0 Å². The Labute approximate surface area is 145 Å². The average Bonchev–Trinajstić information content (AvgIpc) is 2.52. The molecule has 0 aliphatic carbocycles. The van der Waals surface area contributed by atoms with E-state index in [1.165, 1.54) is 28.6 Å². The second-order valence-electron chi connectivity index (χ2n) is 5.62. The van der Waals surface area contributed by atoms with E-state index in [9.17, 15) is 16.8 Å². The second kappa shape index (κ2) is 8.91. The van der Waals surface area contributed by atoms with E-state index in [-0.39, 0.29) is 9.79 Å². The molecule has 0 radical (unpaired) electrons. The molecule has 0 amide bonds.